The summed E-state index contributed by atoms with van der Waals surface area (Å²) in [5.74, 6) is -72.6. The van der Waals surface area contributed by atoms with Gasteiger partial charge in [0.15, 0.2) is 0 Å². The van der Waals surface area contributed by atoms with Gasteiger partial charge >= 0.3 is 98.5 Å². The Morgan fingerprint density at radius 1 is 0.389 bits per heavy atom. The third-order valence-corrected chi connectivity index (χ3v) is 4.71. The predicted octanol–water partition coefficient (Wildman–Crippen LogP) is 3.23. The van der Waals surface area contributed by atoms with Crippen molar-refractivity contribution < 1.29 is 136 Å². The molecule has 0 atom stereocenters. The summed E-state index contributed by atoms with van der Waals surface area (Å²) in [6.45, 7) is 0. The molecule has 0 aliphatic carbocycles. The van der Waals surface area contributed by atoms with Gasteiger partial charge in [0.25, 0.3) is 0 Å². The van der Waals surface area contributed by atoms with Crippen LogP contribution in [-0.2, 0) is 10.1 Å². The Morgan fingerprint density at radius 2 is 0.556 bits per heavy atom. The summed E-state index contributed by atoms with van der Waals surface area (Å²) in [5.41, 5.74) is 0. The van der Waals surface area contributed by atoms with Crippen LogP contribution < -0.4 is 29.6 Å². The van der Waals surface area contributed by atoms with Crippen molar-refractivity contribution in [3.05, 3.63) is 0 Å². The molecule has 0 bridgehead atoms. The van der Waals surface area contributed by atoms with Crippen LogP contribution in [-0.4, -0.2) is 71.8 Å². The molecule has 0 radical (unpaired) electrons. The quantitative estimate of drug-likeness (QED) is 0.244. The van der Waals surface area contributed by atoms with Crippen LogP contribution in [0.4, 0.5) is 92.2 Å². The minimum Gasteiger partial charge on any atom is -1.00 e. The van der Waals surface area contributed by atoms with Gasteiger partial charge in [0, 0.05) is 0 Å². The van der Waals surface area contributed by atoms with Gasteiger partial charge in [0.2, 0.25) is 0 Å². The fraction of sp³-hybridized carbons (Fsp3) is 1.00. The summed E-state index contributed by atoms with van der Waals surface area (Å²) in [6.07, 6.45) is -8.08. The van der Waals surface area contributed by atoms with Gasteiger partial charge in [-0.05, 0) is 0 Å². The van der Waals surface area contributed by atoms with Crippen molar-refractivity contribution in [2.45, 2.75) is 58.8 Å². The molecule has 0 aliphatic rings. The number of alkyl halides is 21. The smallest absolute Gasteiger partial charge is 1.00 e. The van der Waals surface area contributed by atoms with Gasteiger partial charge in [0.05, 0.1) is 0 Å². The first kappa shape index (κ1) is 37.6. The van der Waals surface area contributed by atoms with Crippen molar-refractivity contribution in [2.75, 3.05) is 0 Å². The fourth-order valence-corrected chi connectivity index (χ4v) is 2.16. The number of hydrogen-bond donors (Lipinski definition) is 1. The second-order valence-corrected chi connectivity index (χ2v) is 7.55. The SMILES string of the molecule is O=S(=O)(O)C(F)(F)C(F)(F)C(F)(F)C(F)(F)C(F)(F)C(F)(F)C(F)(F)C(F)(F)C(F)(F)C(F)(F)F.[H-].[Na+]. The van der Waals surface area contributed by atoms with Crippen LogP contribution in [0.3, 0.4) is 0 Å². The minimum atomic E-state index is -9.38. The molecule has 0 aromatic heterocycles. The first-order chi connectivity index (χ1) is 14.5. The summed E-state index contributed by atoms with van der Waals surface area (Å²) < 4.78 is 298. The van der Waals surface area contributed by atoms with Gasteiger partial charge in [-0.25, -0.2) is 0 Å². The van der Waals surface area contributed by atoms with Crippen LogP contribution in [0.2, 0.25) is 0 Å². The molecule has 3 nitrogen and oxygen atoms in total. The Morgan fingerprint density at radius 3 is 0.722 bits per heavy atom. The summed E-state index contributed by atoms with van der Waals surface area (Å²) >= 11 is 0. The van der Waals surface area contributed by atoms with E-state index in [9.17, 15) is 101 Å². The Balaban J connectivity index is -0.00000578. The average Bonchev–Trinajstić information content (AvgIpc) is 2.58. The zero-order valence-electron chi connectivity index (χ0n) is 16.6. The fourth-order valence-electron chi connectivity index (χ4n) is 1.71. The summed E-state index contributed by atoms with van der Waals surface area (Å²) in [5, 5.41) is -8.06. The van der Waals surface area contributed by atoms with Crippen LogP contribution in [0.5, 0.6) is 0 Å². The van der Waals surface area contributed by atoms with E-state index in [-0.39, 0.29) is 31.0 Å². The minimum absolute atomic E-state index is 0. The molecular weight excluding hydrogens is 622 g/mol. The van der Waals surface area contributed by atoms with E-state index in [1.807, 2.05) is 0 Å². The molecule has 0 amide bonds. The third-order valence-electron chi connectivity index (χ3n) is 3.81. The van der Waals surface area contributed by atoms with E-state index in [1.54, 1.807) is 0 Å². The van der Waals surface area contributed by atoms with Crippen molar-refractivity contribution >= 4 is 10.1 Å². The van der Waals surface area contributed by atoms with E-state index in [2.05, 4.69) is 0 Å². The third kappa shape index (κ3) is 4.40. The molecule has 0 unspecified atom stereocenters. The molecule has 36 heavy (non-hydrogen) atoms. The summed E-state index contributed by atoms with van der Waals surface area (Å²) in [4.78, 5) is 0. The largest absolute Gasteiger partial charge is 1.00 e. The maximum atomic E-state index is 13.3. The zero-order valence-corrected chi connectivity index (χ0v) is 18.4. The molecule has 0 saturated carbocycles. The van der Waals surface area contributed by atoms with Crippen LogP contribution in [0.15, 0.2) is 0 Å². The molecule has 0 saturated heterocycles. The van der Waals surface area contributed by atoms with Crippen LogP contribution in [0.1, 0.15) is 1.43 Å². The molecule has 0 aromatic rings. The average molecular weight is 624 g/mol. The number of hydrogen-bond acceptors (Lipinski definition) is 2. The predicted molar refractivity (Wildman–Crippen MR) is 63.2 cm³/mol. The molecule has 0 fully saturated rings. The maximum Gasteiger partial charge on any atom is 1.00 e. The van der Waals surface area contributed by atoms with Gasteiger partial charge in [-0.15, -0.1) is 0 Å². The summed E-state index contributed by atoms with van der Waals surface area (Å²) in [7, 11) is -8.09. The van der Waals surface area contributed by atoms with Crippen molar-refractivity contribution in [3.8, 4) is 0 Å². The van der Waals surface area contributed by atoms with E-state index in [1.165, 1.54) is 0 Å². The van der Waals surface area contributed by atoms with E-state index < -0.39 is 68.9 Å². The maximum absolute atomic E-state index is 13.3. The molecule has 214 valence electrons. The molecule has 0 aromatic carbocycles. The molecule has 0 heterocycles. The topological polar surface area (TPSA) is 54.4 Å². The summed E-state index contributed by atoms with van der Waals surface area (Å²) in [6, 6.07) is 0. The number of halogens is 21. The molecule has 0 spiro atoms. The molecule has 0 rings (SSSR count). The Labute approximate surface area is 205 Å². The molecular formula is C10H2F21NaO3S. The van der Waals surface area contributed by atoms with E-state index in [4.69, 9.17) is 4.55 Å². The van der Waals surface area contributed by atoms with E-state index >= 15 is 0 Å². The van der Waals surface area contributed by atoms with Crippen LogP contribution in [0, 0.1) is 0 Å². The zero-order chi connectivity index (χ0) is 29.5. The van der Waals surface area contributed by atoms with Gasteiger partial charge in [-0.3, -0.25) is 4.55 Å². The van der Waals surface area contributed by atoms with Gasteiger partial charge in [0.1, 0.15) is 0 Å². The Kier molecular flexibility index (Phi) is 9.39. The van der Waals surface area contributed by atoms with E-state index in [0.717, 1.165) is 0 Å². The first-order valence-corrected chi connectivity index (χ1v) is 8.38. The van der Waals surface area contributed by atoms with Crippen LogP contribution in [0.25, 0.3) is 0 Å². The molecule has 1 N–H and O–H groups in total. The van der Waals surface area contributed by atoms with Gasteiger partial charge in [-0.1, -0.05) is 0 Å². The van der Waals surface area contributed by atoms with Crippen molar-refractivity contribution in [1.82, 2.24) is 0 Å². The van der Waals surface area contributed by atoms with Gasteiger partial charge in [-0.2, -0.15) is 101 Å². The monoisotopic (exact) mass is 624 g/mol. The Bertz CT molecular complexity index is 925. The first-order valence-electron chi connectivity index (χ1n) is 6.94. The van der Waals surface area contributed by atoms with E-state index in [0.29, 0.717) is 0 Å². The van der Waals surface area contributed by atoms with Crippen molar-refractivity contribution in [2.24, 2.45) is 0 Å². The van der Waals surface area contributed by atoms with Crippen LogP contribution >= 0.6 is 0 Å². The van der Waals surface area contributed by atoms with Crippen molar-refractivity contribution in [3.63, 3.8) is 0 Å². The normalized spacial score (nSPS) is 16.6. The van der Waals surface area contributed by atoms with Gasteiger partial charge < -0.3 is 1.43 Å². The van der Waals surface area contributed by atoms with Crippen molar-refractivity contribution in [1.29, 1.82) is 0 Å². The second kappa shape index (κ2) is 8.99. The Hall–Kier alpha value is -0.560. The molecule has 26 heteroatoms. The second-order valence-electron chi connectivity index (χ2n) is 6.08. The standard InChI is InChI=1S/C10HF21O3S.Na.H/c11-1(12,3(15,16)5(19,20)7(23,24)9(27,28)29)2(13,14)4(17,18)6(21,22)8(25,26)10(30,31)35(32,33)34;;/h(H,32,33,34);;/q;+1;-1. The molecule has 0 aliphatic heterocycles. The number of rotatable bonds is 9.